The molecule has 0 aliphatic carbocycles. The molecule has 1 amide bonds. The molecule has 158 valence electrons. The van der Waals surface area contributed by atoms with Gasteiger partial charge in [-0.05, 0) is 43.5 Å². The number of hydrogen-bond donors (Lipinski definition) is 1. The Kier molecular flexibility index (Phi) is 5.62. The van der Waals surface area contributed by atoms with E-state index in [2.05, 4.69) is 15.4 Å². The van der Waals surface area contributed by atoms with Gasteiger partial charge in [0.25, 0.3) is 5.91 Å². The summed E-state index contributed by atoms with van der Waals surface area (Å²) >= 11 is 0. The van der Waals surface area contributed by atoms with Crippen LogP contribution in [0.3, 0.4) is 0 Å². The summed E-state index contributed by atoms with van der Waals surface area (Å²) < 4.78 is 35.0. The first-order valence-corrected chi connectivity index (χ1v) is 9.77. The van der Waals surface area contributed by atoms with Gasteiger partial charge >= 0.3 is 0 Å². The van der Waals surface area contributed by atoms with Gasteiger partial charge in [0.1, 0.15) is 5.82 Å². The van der Waals surface area contributed by atoms with E-state index in [-0.39, 0.29) is 22.6 Å². The van der Waals surface area contributed by atoms with Crippen LogP contribution in [0.5, 0.6) is 5.88 Å². The number of ether oxygens (including phenoxy) is 1. The number of hydrogen-bond acceptors (Lipinski definition) is 5. The van der Waals surface area contributed by atoms with Crippen LogP contribution in [0, 0.1) is 23.0 Å². The fourth-order valence-electron chi connectivity index (χ4n) is 3.68. The first-order valence-electron chi connectivity index (χ1n) is 9.77. The average Bonchev–Trinajstić information content (AvgIpc) is 3.10. The third-order valence-corrected chi connectivity index (χ3v) is 5.19. The van der Waals surface area contributed by atoms with E-state index in [4.69, 9.17) is 10.00 Å². The van der Waals surface area contributed by atoms with E-state index >= 15 is 0 Å². The Morgan fingerprint density at radius 1 is 1.26 bits per heavy atom. The van der Waals surface area contributed by atoms with E-state index in [0.717, 1.165) is 36.9 Å². The molecule has 0 radical (unpaired) electrons. The second-order valence-electron chi connectivity index (χ2n) is 7.25. The molecule has 1 aromatic carbocycles. The zero-order valence-corrected chi connectivity index (χ0v) is 16.7. The molecular formula is C22H19F2N5O2. The maximum absolute atomic E-state index is 14.4. The highest BCUT2D eigenvalue weighted by Gasteiger charge is 2.25. The normalized spacial score (nSPS) is 15.5. The van der Waals surface area contributed by atoms with Crippen LogP contribution in [0.25, 0.3) is 11.3 Å². The van der Waals surface area contributed by atoms with Gasteiger partial charge in [0.15, 0.2) is 5.82 Å². The summed E-state index contributed by atoms with van der Waals surface area (Å²) in [6.07, 6.45) is 3.43. The van der Waals surface area contributed by atoms with Gasteiger partial charge < -0.3 is 10.1 Å². The highest BCUT2D eigenvalue weighted by Crippen LogP contribution is 2.31. The number of fused-ring (bicyclic) bond motifs is 1. The zero-order chi connectivity index (χ0) is 22.0. The predicted octanol–water partition coefficient (Wildman–Crippen LogP) is 3.76. The Bertz CT molecular complexity index is 1190. The SMILES string of the molecule is COc1cc(-c2cc3n(n2)CCCCC3NC(=O)c2cc(F)cc(C#N)c2)c(F)cn1. The van der Waals surface area contributed by atoms with Crippen LogP contribution in [0.4, 0.5) is 8.78 Å². The molecular weight excluding hydrogens is 404 g/mol. The molecule has 0 fully saturated rings. The molecule has 1 unspecified atom stereocenters. The van der Waals surface area contributed by atoms with E-state index in [1.165, 1.54) is 19.2 Å². The Hall–Kier alpha value is -3.80. The van der Waals surface area contributed by atoms with Gasteiger partial charge in [0, 0.05) is 23.7 Å². The van der Waals surface area contributed by atoms with Crippen LogP contribution < -0.4 is 10.1 Å². The van der Waals surface area contributed by atoms with E-state index in [1.54, 1.807) is 10.7 Å². The molecule has 7 nitrogen and oxygen atoms in total. The summed E-state index contributed by atoms with van der Waals surface area (Å²) in [7, 11) is 1.45. The number of aryl methyl sites for hydroxylation is 1. The highest BCUT2D eigenvalue weighted by atomic mass is 19.1. The summed E-state index contributed by atoms with van der Waals surface area (Å²) in [4.78, 5) is 16.6. The minimum atomic E-state index is -0.653. The number of pyridine rings is 1. The van der Waals surface area contributed by atoms with Crippen molar-refractivity contribution < 1.29 is 18.3 Å². The van der Waals surface area contributed by atoms with Crippen molar-refractivity contribution in [1.82, 2.24) is 20.1 Å². The lowest BCUT2D eigenvalue weighted by atomic mass is 10.0. The van der Waals surface area contributed by atoms with Crippen molar-refractivity contribution >= 4 is 5.91 Å². The van der Waals surface area contributed by atoms with E-state index in [1.807, 2.05) is 6.07 Å². The van der Waals surface area contributed by atoms with Crippen LogP contribution >= 0.6 is 0 Å². The van der Waals surface area contributed by atoms with Crippen LogP contribution in [0.1, 0.15) is 46.9 Å². The highest BCUT2D eigenvalue weighted by molar-refractivity contribution is 5.94. The number of nitrogens with zero attached hydrogens (tertiary/aromatic N) is 4. The van der Waals surface area contributed by atoms with Gasteiger partial charge in [-0.25, -0.2) is 13.8 Å². The number of methoxy groups -OCH3 is 1. The number of carbonyl (C=O) groups is 1. The fourth-order valence-corrected chi connectivity index (χ4v) is 3.68. The number of nitrogens with one attached hydrogen (secondary N) is 1. The van der Waals surface area contributed by atoms with E-state index < -0.39 is 23.6 Å². The maximum Gasteiger partial charge on any atom is 0.251 e. The second kappa shape index (κ2) is 8.52. The van der Waals surface area contributed by atoms with Gasteiger partial charge in [-0.15, -0.1) is 0 Å². The molecule has 0 spiro atoms. The Balaban J connectivity index is 1.66. The largest absolute Gasteiger partial charge is 0.481 e. The van der Waals surface area contributed by atoms with Crippen molar-refractivity contribution in [2.24, 2.45) is 0 Å². The number of benzene rings is 1. The lowest BCUT2D eigenvalue weighted by molar-refractivity contribution is 0.0933. The smallest absolute Gasteiger partial charge is 0.251 e. The van der Waals surface area contributed by atoms with E-state index in [0.29, 0.717) is 18.7 Å². The third-order valence-electron chi connectivity index (χ3n) is 5.19. The first-order chi connectivity index (χ1) is 15.0. The number of amides is 1. The topological polar surface area (TPSA) is 92.8 Å². The molecule has 3 heterocycles. The molecule has 0 saturated carbocycles. The molecule has 1 N–H and O–H groups in total. The molecule has 9 heteroatoms. The second-order valence-corrected chi connectivity index (χ2v) is 7.25. The van der Waals surface area contributed by atoms with Crippen LogP contribution in [0.15, 0.2) is 36.5 Å². The van der Waals surface area contributed by atoms with Crippen molar-refractivity contribution in [2.75, 3.05) is 7.11 Å². The summed E-state index contributed by atoms with van der Waals surface area (Å²) in [6.45, 7) is 0.629. The van der Waals surface area contributed by atoms with Crippen LogP contribution in [-0.2, 0) is 6.54 Å². The molecule has 1 aliphatic rings. The van der Waals surface area contributed by atoms with Crippen LogP contribution in [0.2, 0.25) is 0 Å². The minimum absolute atomic E-state index is 0.0667. The summed E-state index contributed by atoms with van der Waals surface area (Å²) in [5, 5.41) is 16.5. The molecule has 1 atom stereocenters. The van der Waals surface area contributed by atoms with Gasteiger partial charge in [-0.2, -0.15) is 10.4 Å². The molecule has 31 heavy (non-hydrogen) atoms. The molecule has 0 bridgehead atoms. The minimum Gasteiger partial charge on any atom is -0.481 e. The van der Waals surface area contributed by atoms with Gasteiger partial charge in [-0.3, -0.25) is 9.48 Å². The summed E-state index contributed by atoms with van der Waals surface area (Å²) in [5.74, 6) is -1.41. The summed E-state index contributed by atoms with van der Waals surface area (Å²) in [5.41, 5.74) is 1.53. The van der Waals surface area contributed by atoms with Gasteiger partial charge in [0.2, 0.25) is 5.88 Å². The number of halogens is 2. The Morgan fingerprint density at radius 3 is 2.87 bits per heavy atom. The monoisotopic (exact) mass is 423 g/mol. The number of aromatic nitrogens is 3. The Morgan fingerprint density at radius 2 is 2.10 bits per heavy atom. The maximum atomic E-state index is 14.4. The number of nitriles is 1. The Labute approximate surface area is 177 Å². The zero-order valence-electron chi connectivity index (χ0n) is 16.7. The first kappa shape index (κ1) is 20.5. The molecule has 1 aliphatic heterocycles. The number of rotatable bonds is 4. The van der Waals surface area contributed by atoms with Crippen LogP contribution in [-0.4, -0.2) is 27.8 Å². The molecule has 3 aromatic rings. The van der Waals surface area contributed by atoms with Crippen molar-refractivity contribution in [2.45, 2.75) is 31.8 Å². The van der Waals surface area contributed by atoms with Crippen molar-refractivity contribution in [3.05, 3.63) is 65.0 Å². The molecule has 2 aromatic heterocycles. The number of carbonyl (C=O) groups excluding carboxylic acids is 1. The quantitative estimate of drug-likeness (QED) is 0.690. The van der Waals surface area contributed by atoms with Crippen molar-refractivity contribution in [1.29, 1.82) is 5.26 Å². The van der Waals surface area contributed by atoms with E-state index in [9.17, 15) is 13.6 Å². The lowest BCUT2D eigenvalue weighted by Gasteiger charge is -2.17. The van der Waals surface area contributed by atoms with Crippen molar-refractivity contribution in [3.8, 4) is 23.2 Å². The fraction of sp³-hybridized carbons (Fsp3) is 0.273. The lowest BCUT2D eigenvalue weighted by Crippen LogP contribution is -2.29. The standard InChI is InChI=1S/C22H19F2N5O2/c1-31-21-9-16(17(24)12-26-21)19-10-20-18(4-2-3-5-29(20)28-19)27-22(30)14-6-13(11-25)7-15(23)8-14/h6-10,12,18H,2-5H2,1H3,(H,27,30). The average molecular weight is 423 g/mol. The molecule has 0 saturated heterocycles. The predicted molar refractivity (Wildman–Crippen MR) is 107 cm³/mol. The van der Waals surface area contributed by atoms with Gasteiger partial charge in [-0.1, -0.05) is 0 Å². The summed E-state index contributed by atoms with van der Waals surface area (Å²) in [6, 6.07) is 8.17. The molecule has 4 rings (SSSR count). The third kappa shape index (κ3) is 4.23. The van der Waals surface area contributed by atoms with Gasteiger partial charge in [0.05, 0.1) is 42.4 Å². The van der Waals surface area contributed by atoms with Crippen molar-refractivity contribution in [3.63, 3.8) is 0 Å².